The molecule has 0 bridgehead atoms. The van der Waals surface area contributed by atoms with Crippen molar-refractivity contribution in [1.29, 1.82) is 0 Å². The van der Waals surface area contributed by atoms with Crippen LogP contribution in [0, 0.1) is 10.1 Å². The molecule has 6 heteroatoms. The summed E-state index contributed by atoms with van der Waals surface area (Å²) in [6, 6.07) is 3.62. The van der Waals surface area contributed by atoms with Crippen molar-refractivity contribution >= 4 is 37.9 Å². The van der Waals surface area contributed by atoms with Crippen LogP contribution in [-0.4, -0.2) is 11.5 Å². The van der Waals surface area contributed by atoms with Crippen molar-refractivity contribution in [3.05, 3.63) is 42.5 Å². The standard InChI is InChI=1S/C11H11Br2NO3/c1-3-17-11-8(4-7(2)14(15)16)5-9(12)6-10(11)13/h4-6H,3H2,1-2H3. The SMILES string of the molecule is CCOc1c(Br)cc(Br)cc1C=C(C)[N+](=O)[O-]. The van der Waals surface area contributed by atoms with E-state index in [1.54, 1.807) is 6.07 Å². The minimum absolute atomic E-state index is 0.0657. The van der Waals surface area contributed by atoms with Gasteiger partial charge in [0.05, 0.1) is 16.0 Å². The number of hydrogen-bond donors (Lipinski definition) is 0. The van der Waals surface area contributed by atoms with Crippen LogP contribution in [0.15, 0.2) is 26.8 Å². The van der Waals surface area contributed by atoms with E-state index in [-0.39, 0.29) is 5.70 Å². The largest absolute Gasteiger partial charge is 0.492 e. The van der Waals surface area contributed by atoms with Gasteiger partial charge in [-0.2, -0.15) is 0 Å². The molecule has 0 aromatic heterocycles. The van der Waals surface area contributed by atoms with E-state index >= 15 is 0 Å². The molecule has 1 aromatic rings. The molecule has 17 heavy (non-hydrogen) atoms. The first kappa shape index (κ1) is 14.2. The van der Waals surface area contributed by atoms with E-state index in [9.17, 15) is 10.1 Å². The summed E-state index contributed by atoms with van der Waals surface area (Å²) < 4.78 is 7.06. The molecular weight excluding hydrogens is 354 g/mol. The Balaban J connectivity index is 3.30. The zero-order valence-electron chi connectivity index (χ0n) is 9.37. The Morgan fingerprint density at radius 1 is 1.53 bits per heavy atom. The summed E-state index contributed by atoms with van der Waals surface area (Å²) >= 11 is 6.71. The van der Waals surface area contributed by atoms with Crippen LogP contribution in [0.1, 0.15) is 19.4 Å². The van der Waals surface area contributed by atoms with Gasteiger partial charge < -0.3 is 4.74 Å². The number of allylic oxidation sites excluding steroid dienone is 1. The Morgan fingerprint density at radius 2 is 2.18 bits per heavy atom. The number of nitrogens with zero attached hydrogens (tertiary/aromatic N) is 1. The lowest BCUT2D eigenvalue weighted by Crippen LogP contribution is -1.98. The summed E-state index contributed by atoms with van der Waals surface area (Å²) in [5.74, 6) is 0.608. The van der Waals surface area contributed by atoms with Gasteiger partial charge in [-0.25, -0.2) is 0 Å². The molecule has 0 radical (unpaired) electrons. The molecule has 0 aliphatic rings. The Bertz CT molecular complexity index is 472. The van der Waals surface area contributed by atoms with Gasteiger partial charge in [-0.1, -0.05) is 15.9 Å². The molecule has 0 N–H and O–H groups in total. The summed E-state index contributed by atoms with van der Waals surface area (Å²) in [5, 5.41) is 10.6. The number of ether oxygens (including phenoxy) is 1. The number of halogens is 2. The molecule has 0 aliphatic heterocycles. The smallest absolute Gasteiger partial charge is 0.243 e. The predicted octanol–water partition coefficient (Wildman–Crippen LogP) is 4.25. The first-order valence-corrected chi connectivity index (χ1v) is 6.48. The quantitative estimate of drug-likeness (QED) is 0.592. The van der Waals surface area contributed by atoms with Gasteiger partial charge in [-0.3, -0.25) is 10.1 Å². The molecule has 0 amide bonds. The Hall–Kier alpha value is -0.880. The molecule has 0 saturated carbocycles. The third-order valence-corrected chi connectivity index (χ3v) is 3.03. The number of nitro groups is 1. The molecule has 0 fully saturated rings. The second-order valence-corrected chi connectivity index (χ2v) is 5.05. The topological polar surface area (TPSA) is 52.4 Å². The van der Waals surface area contributed by atoms with Crippen molar-refractivity contribution in [3.63, 3.8) is 0 Å². The zero-order valence-corrected chi connectivity index (χ0v) is 12.5. The molecule has 0 unspecified atom stereocenters. The Labute approximate surface area is 116 Å². The molecule has 1 aromatic carbocycles. The summed E-state index contributed by atoms with van der Waals surface area (Å²) in [4.78, 5) is 10.2. The predicted molar refractivity (Wildman–Crippen MR) is 73.7 cm³/mol. The Kier molecular flexibility index (Phi) is 5.14. The maximum Gasteiger partial charge on any atom is 0.243 e. The number of rotatable bonds is 4. The van der Waals surface area contributed by atoms with Gasteiger partial charge in [0, 0.05) is 23.0 Å². The van der Waals surface area contributed by atoms with Gasteiger partial charge in [-0.15, -0.1) is 0 Å². The second kappa shape index (κ2) is 6.16. The fourth-order valence-corrected chi connectivity index (χ4v) is 2.63. The Morgan fingerprint density at radius 3 is 2.71 bits per heavy atom. The van der Waals surface area contributed by atoms with Crippen molar-refractivity contribution in [2.45, 2.75) is 13.8 Å². The normalized spacial score (nSPS) is 11.4. The van der Waals surface area contributed by atoms with Crippen molar-refractivity contribution in [1.82, 2.24) is 0 Å². The molecule has 0 aliphatic carbocycles. The third-order valence-electron chi connectivity index (χ3n) is 1.98. The van der Waals surface area contributed by atoms with Crippen molar-refractivity contribution < 1.29 is 9.66 Å². The molecule has 0 heterocycles. The van der Waals surface area contributed by atoms with Gasteiger partial charge in [0.15, 0.2) is 0 Å². The van der Waals surface area contributed by atoms with Crippen LogP contribution in [0.5, 0.6) is 5.75 Å². The summed E-state index contributed by atoms with van der Waals surface area (Å²) in [7, 11) is 0. The van der Waals surface area contributed by atoms with Crippen molar-refractivity contribution in [2.75, 3.05) is 6.61 Å². The fraction of sp³-hybridized carbons (Fsp3) is 0.273. The lowest BCUT2D eigenvalue weighted by atomic mass is 10.1. The van der Waals surface area contributed by atoms with Gasteiger partial charge in [0.2, 0.25) is 5.70 Å². The number of benzene rings is 1. The van der Waals surface area contributed by atoms with Crippen LogP contribution in [0.3, 0.4) is 0 Å². The first-order chi connectivity index (χ1) is 7.95. The molecule has 0 saturated heterocycles. The number of hydrogen-bond acceptors (Lipinski definition) is 3. The van der Waals surface area contributed by atoms with E-state index in [0.29, 0.717) is 17.9 Å². The molecule has 4 nitrogen and oxygen atoms in total. The molecular formula is C11H11Br2NO3. The maximum atomic E-state index is 10.6. The molecule has 0 spiro atoms. The van der Waals surface area contributed by atoms with Gasteiger partial charge in [-0.05, 0) is 35.0 Å². The van der Waals surface area contributed by atoms with E-state index < -0.39 is 4.92 Å². The minimum Gasteiger partial charge on any atom is -0.492 e. The highest BCUT2D eigenvalue weighted by atomic mass is 79.9. The van der Waals surface area contributed by atoms with Crippen LogP contribution in [0.2, 0.25) is 0 Å². The van der Waals surface area contributed by atoms with Crippen LogP contribution >= 0.6 is 31.9 Å². The van der Waals surface area contributed by atoms with Gasteiger partial charge in [0.1, 0.15) is 5.75 Å². The molecule has 92 valence electrons. The van der Waals surface area contributed by atoms with E-state index in [1.807, 2.05) is 13.0 Å². The van der Waals surface area contributed by atoms with Crippen LogP contribution < -0.4 is 4.74 Å². The average molecular weight is 365 g/mol. The van der Waals surface area contributed by atoms with Crippen LogP contribution in [0.25, 0.3) is 6.08 Å². The molecule has 1 rings (SSSR count). The van der Waals surface area contributed by atoms with E-state index in [2.05, 4.69) is 31.9 Å². The van der Waals surface area contributed by atoms with Gasteiger partial charge >= 0.3 is 0 Å². The molecule has 0 atom stereocenters. The highest BCUT2D eigenvalue weighted by molar-refractivity contribution is 9.11. The third kappa shape index (κ3) is 3.81. The fourth-order valence-electron chi connectivity index (χ4n) is 1.26. The lowest BCUT2D eigenvalue weighted by molar-refractivity contribution is -0.422. The first-order valence-electron chi connectivity index (χ1n) is 4.90. The second-order valence-electron chi connectivity index (χ2n) is 3.28. The summed E-state index contributed by atoms with van der Waals surface area (Å²) in [6.07, 6.45) is 1.49. The highest BCUT2D eigenvalue weighted by Crippen LogP contribution is 2.34. The lowest BCUT2D eigenvalue weighted by Gasteiger charge is -2.10. The van der Waals surface area contributed by atoms with Crippen molar-refractivity contribution in [2.24, 2.45) is 0 Å². The zero-order chi connectivity index (χ0) is 13.0. The van der Waals surface area contributed by atoms with E-state index in [0.717, 1.165) is 8.95 Å². The maximum absolute atomic E-state index is 10.6. The average Bonchev–Trinajstić information content (AvgIpc) is 2.22. The minimum atomic E-state index is -0.426. The van der Waals surface area contributed by atoms with E-state index in [4.69, 9.17) is 4.74 Å². The van der Waals surface area contributed by atoms with Crippen LogP contribution in [-0.2, 0) is 0 Å². The van der Waals surface area contributed by atoms with Crippen molar-refractivity contribution in [3.8, 4) is 5.75 Å². The van der Waals surface area contributed by atoms with Crippen LogP contribution in [0.4, 0.5) is 0 Å². The van der Waals surface area contributed by atoms with E-state index in [1.165, 1.54) is 13.0 Å². The summed E-state index contributed by atoms with van der Waals surface area (Å²) in [6.45, 7) is 3.81. The van der Waals surface area contributed by atoms with Gasteiger partial charge in [0.25, 0.3) is 0 Å². The summed E-state index contributed by atoms with van der Waals surface area (Å²) in [5.41, 5.74) is 0.734. The highest BCUT2D eigenvalue weighted by Gasteiger charge is 2.11. The monoisotopic (exact) mass is 363 g/mol.